The Morgan fingerprint density at radius 1 is 0.865 bits per heavy atom. The molecule has 37 heavy (non-hydrogen) atoms. The van der Waals surface area contributed by atoms with E-state index in [-0.39, 0.29) is 30.3 Å². The minimum Gasteiger partial charge on any atom is -0.352 e. The fourth-order valence-electron chi connectivity index (χ4n) is 4.62. The Labute approximate surface area is 220 Å². The van der Waals surface area contributed by atoms with E-state index >= 15 is 0 Å². The molecule has 1 fully saturated rings. The number of carbonyl (C=O) groups is 2. The number of anilines is 1. The SMILES string of the molecule is Cc1ccc(-c2ccc(N3CCN(C(=O)CN(C(=O)CC(C)C)C(C)c4ccccc4)CC3)nn2)cc1. The van der Waals surface area contributed by atoms with E-state index < -0.39 is 0 Å². The lowest BCUT2D eigenvalue weighted by Crippen LogP contribution is -2.52. The normalized spacial score (nSPS) is 14.5. The largest absolute Gasteiger partial charge is 0.352 e. The zero-order valence-electron chi connectivity index (χ0n) is 22.3. The molecule has 7 nitrogen and oxygen atoms in total. The molecule has 3 aromatic rings. The smallest absolute Gasteiger partial charge is 0.242 e. The summed E-state index contributed by atoms with van der Waals surface area (Å²) in [6, 6.07) is 22.0. The van der Waals surface area contributed by atoms with E-state index in [1.54, 1.807) is 4.90 Å². The molecule has 0 saturated carbocycles. The molecule has 0 aliphatic carbocycles. The maximum absolute atomic E-state index is 13.3. The van der Waals surface area contributed by atoms with Crippen molar-refractivity contribution in [2.45, 2.75) is 40.2 Å². The maximum atomic E-state index is 13.3. The van der Waals surface area contributed by atoms with E-state index in [1.807, 2.05) is 68.1 Å². The molecular formula is C30H37N5O2. The number of piperazine rings is 1. The summed E-state index contributed by atoms with van der Waals surface area (Å²) in [6.45, 7) is 10.7. The van der Waals surface area contributed by atoms with Crippen molar-refractivity contribution < 1.29 is 9.59 Å². The van der Waals surface area contributed by atoms with Crippen LogP contribution in [0, 0.1) is 12.8 Å². The van der Waals surface area contributed by atoms with Crippen molar-refractivity contribution in [2.75, 3.05) is 37.6 Å². The van der Waals surface area contributed by atoms with Gasteiger partial charge in [-0.15, -0.1) is 10.2 Å². The lowest BCUT2D eigenvalue weighted by atomic mass is 10.0. The van der Waals surface area contributed by atoms with E-state index in [2.05, 4.69) is 46.3 Å². The first kappa shape index (κ1) is 26.3. The number of aryl methyl sites for hydroxylation is 1. The lowest BCUT2D eigenvalue weighted by molar-refractivity contribution is -0.143. The summed E-state index contributed by atoms with van der Waals surface area (Å²) in [6.07, 6.45) is 0.426. The van der Waals surface area contributed by atoms with E-state index in [0.29, 0.717) is 32.6 Å². The van der Waals surface area contributed by atoms with Crippen LogP contribution in [0.5, 0.6) is 0 Å². The number of nitrogens with zero attached hydrogens (tertiary/aromatic N) is 5. The Hall–Kier alpha value is -3.74. The van der Waals surface area contributed by atoms with Gasteiger partial charge < -0.3 is 14.7 Å². The third-order valence-electron chi connectivity index (χ3n) is 6.91. The van der Waals surface area contributed by atoms with Gasteiger partial charge in [0.25, 0.3) is 0 Å². The topological polar surface area (TPSA) is 69.6 Å². The average molecular weight is 500 g/mol. The van der Waals surface area contributed by atoms with Crippen LogP contribution in [0.15, 0.2) is 66.7 Å². The molecule has 7 heteroatoms. The van der Waals surface area contributed by atoms with Gasteiger partial charge in [0.1, 0.15) is 6.54 Å². The molecular weight excluding hydrogens is 462 g/mol. The van der Waals surface area contributed by atoms with Crippen LogP contribution in [0.2, 0.25) is 0 Å². The van der Waals surface area contributed by atoms with Gasteiger partial charge in [-0.3, -0.25) is 9.59 Å². The Bertz CT molecular complexity index is 1170. The first-order chi connectivity index (χ1) is 17.8. The predicted octanol–water partition coefficient (Wildman–Crippen LogP) is 4.74. The van der Waals surface area contributed by atoms with Crippen LogP contribution in [0.3, 0.4) is 0 Å². The second-order valence-corrected chi connectivity index (χ2v) is 10.2. The zero-order valence-corrected chi connectivity index (χ0v) is 22.3. The summed E-state index contributed by atoms with van der Waals surface area (Å²) in [5.41, 5.74) is 4.13. The molecule has 0 radical (unpaired) electrons. The molecule has 194 valence electrons. The van der Waals surface area contributed by atoms with Crippen LogP contribution >= 0.6 is 0 Å². The summed E-state index contributed by atoms with van der Waals surface area (Å²) >= 11 is 0. The quantitative estimate of drug-likeness (QED) is 0.448. The second-order valence-electron chi connectivity index (χ2n) is 10.2. The molecule has 2 heterocycles. The van der Waals surface area contributed by atoms with Gasteiger partial charge in [-0.1, -0.05) is 74.0 Å². The van der Waals surface area contributed by atoms with Crippen molar-refractivity contribution in [3.05, 3.63) is 77.9 Å². The summed E-state index contributed by atoms with van der Waals surface area (Å²) < 4.78 is 0. The molecule has 1 aliphatic rings. The lowest BCUT2D eigenvalue weighted by Gasteiger charge is -2.37. The minimum absolute atomic E-state index is 0.0136. The van der Waals surface area contributed by atoms with E-state index in [0.717, 1.165) is 22.6 Å². The molecule has 0 N–H and O–H groups in total. The fraction of sp³-hybridized carbons (Fsp3) is 0.400. The van der Waals surface area contributed by atoms with Crippen LogP contribution in [0.1, 0.15) is 44.4 Å². The van der Waals surface area contributed by atoms with Crippen molar-refractivity contribution in [2.24, 2.45) is 5.92 Å². The molecule has 4 rings (SSSR count). The highest BCUT2D eigenvalue weighted by atomic mass is 16.2. The molecule has 2 aromatic carbocycles. The number of hydrogen-bond acceptors (Lipinski definition) is 5. The molecule has 0 bridgehead atoms. The van der Waals surface area contributed by atoms with Crippen molar-refractivity contribution >= 4 is 17.6 Å². The standard InChI is InChI=1S/C30H37N5O2/c1-22(2)20-29(36)35(24(4)25-8-6-5-7-9-25)21-30(37)34-18-16-33(17-19-34)28-15-14-27(31-32-28)26-12-10-23(3)11-13-26/h5-15,22,24H,16-21H2,1-4H3. The first-order valence-electron chi connectivity index (χ1n) is 13.1. The number of rotatable bonds is 8. The Morgan fingerprint density at radius 3 is 2.14 bits per heavy atom. The van der Waals surface area contributed by atoms with Crippen LogP contribution < -0.4 is 4.90 Å². The minimum atomic E-state index is -0.167. The third-order valence-corrected chi connectivity index (χ3v) is 6.91. The fourth-order valence-corrected chi connectivity index (χ4v) is 4.62. The molecule has 1 atom stereocenters. The van der Waals surface area contributed by atoms with E-state index in [4.69, 9.17) is 0 Å². The highest BCUT2D eigenvalue weighted by Crippen LogP contribution is 2.23. The van der Waals surface area contributed by atoms with Crippen molar-refractivity contribution in [1.29, 1.82) is 0 Å². The van der Waals surface area contributed by atoms with Gasteiger partial charge in [-0.25, -0.2) is 0 Å². The predicted molar refractivity (Wildman–Crippen MR) is 147 cm³/mol. The van der Waals surface area contributed by atoms with Crippen molar-refractivity contribution in [3.63, 3.8) is 0 Å². The van der Waals surface area contributed by atoms with Gasteiger partial charge in [-0.2, -0.15) is 0 Å². The van der Waals surface area contributed by atoms with Crippen LogP contribution in [-0.2, 0) is 9.59 Å². The van der Waals surface area contributed by atoms with Crippen LogP contribution in [0.25, 0.3) is 11.3 Å². The molecule has 1 aliphatic heterocycles. The number of amides is 2. The second kappa shape index (κ2) is 12.0. The number of hydrogen-bond donors (Lipinski definition) is 0. The van der Waals surface area contributed by atoms with Crippen LogP contribution in [0.4, 0.5) is 5.82 Å². The van der Waals surface area contributed by atoms with Gasteiger partial charge in [-0.05, 0) is 37.5 Å². The number of carbonyl (C=O) groups excluding carboxylic acids is 2. The van der Waals surface area contributed by atoms with E-state index in [9.17, 15) is 9.59 Å². The van der Waals surface area contributed by atoms with Gasteiger partial charge in [0.05, 0.1) is 11.7 Å². The summed E-state index contributed by atoms with van der Waals surface area (Å²) in [5, 5.41) is 8.87. The summed E-state index contributed by atoms with van der Waals surface area (Å²) in [5.74, 6) is 1.05. The third kappa shape index (κ3) is 6.73. The van der Waals surface area contributed by atoms with E-state index in [1.165, 1.54) is 5.56 Å². The Balaban J connectivity index is 1.37. The van der Waals surface area contributed by atoms with Crippen molar-refractivity contribution in [3.8, 4) is 11.3 Å². The number of benzene rings is 2. The Morgan fingerprint density at radius 2 is 1.54 bits per heavy atom. The average Bonchev–Trinajstić information content (AvgIpc) is 2.92. The maximum Gasteiger partial charge on any atom is 0.242 e. The van der Waals surface area contributed by atoms with Gasteiger partial charge in [0.2, 0.25) is 11.8 Å². The zero-order chi connectivity index (χ0) is 26.4. The molecule has 1 unspecified atom stereocenters. The molecule has 1 saturated heterocycles. The highest BCUT2D eigenvalue weighted by molar-refractivity contribution is 5.85. The summed E-state index contributed by atoms with van der Waals surface area (Å²) in [4.78, 5) is 32.1. The highest BCUT2D eigenvalue weighted by Gasteiger charge is 2.28. The number of aromatic nitrogens is 2. The van der Waals surface area contributed by atoms with Gasteiger partial charge in [0.15, 0.2) is 5.82 Å². The molecule has 1 aromatic heterocycles. The van der Waals surface area contributed by atoms with Crippen molar-refractivity contribution in [1.82, 2.24) is 20.0 Å². The monoisotopic (exact) mass is 499 g/mol. The van der Waals surface area contributed by atoms with Crippen LogP contribution in [-0.4, -0.2) is 64.5 Å². The summed E-state index contributed by atoms with van der Waals surface area (Å²) in [7, 11) is 0. The first-order valence-corrected chi connectivity index (χ1v) is 13.1. The molecule has 0 spiro atoms. The Kier molecular flexibility index (Phi) is 8.54. The molecule has 2 amide bonds. The van der Waals surface area contributed by atoms with Gasteiger partial charge >= 0.3 is 0 Å². The van der Waals surface area contributed by atoms with Gasteiger partial charge in [0, 0.05) is 38.2 Å².